The van der Waals surface area contributed by atoms with E-state index in [-0.39, 0.29) is 5.91 Å². The molecule has 0 aliphatic carbocycles. The highest BCUT2D eigenvalue weighted by Crippen LogP contribution is 2.33. The van der Waals surface area contributed by atoms with Gasteiger partial charge in [-0.25, -0.2) is 0 Å². The van der Waals surface area contributed by atoms with Gasteiger partial charge in [-0.3, -0.25) is 4.79 Å². The standard InChI is InChI=1S/C17H16N2O2S2/c1-12(20)18-10-13-4-5-16(19-23-14-6-8-22-11-14)15(9-13)17-3-2-7-21-17/h2-9,11,19H,10H2,1H3,(H,18,20). The first-order valence-corrected chi connectivity index (χ1v) is 8.84. The summed E-state index contributed by atoms with van der Waals surface area (Å²) in [5, 5.41) is 6.96. The lowest BCUT2D eigenvalue weighted by Gasteiger charge is -2.12. The number of furan rings is 1. The molecule has 0 atom stereocenters. The van der Waals surface area contributed by atoms with Crippen LogP contribution in [-0.2, 0) is 11.3 Å². The van der Waals surface area contributed by atoms with E-state index in [9.17, 15) is 4.79 Å². The second-order valence-corrected chi connectivity index (χ2v) is 6.59. The smallest absolute Gasteiger partial charge is 0.217 e. The van der Waals surface area contributed by atoms with Crippen molar-refractivity contribution >= 4 is 34.9 Å². The van der Waals surface area contributed by atoms with Gasteiger partial charge in [0.05, 0.1) is 12.0 Å². The third-order valence-electron chi connectivity index (χ3n) is 3.19. The predicted octanol–water partition coefficient (Wildman–Crippen LogP) is 4.76. The van der Waals surface area contributed by atoms with E-state index >= 15 is 0 Å². The summed E-state index contributed by atoms with van der Waals surface area (Å²) in [4.78, 5) is 12.3. The van der Waals surface area contributed by atoms with E-state index < -0.39 is 0 Å². The predicted molar refractivity (Wildman–Crippen MR) is 95.5 cm³/mol. The van der Waals surface area contributed by atoms with Crippen molar-refractivity contribution in [1.29, 1.82) is 0 Å². The molecule has 1 aromatic carbocycles. The average molecular weight is 344 g/mol. The molecule has 0 aliphatic heterocycles. The van der Waals surface area contributed by atoms with Gasteiger partial charge in [0.2, 0.25) is 5.91 Å². The molecule has 2 N–H and O–H groups in total. The molecule has 118 valence electrons. The summed E-state index contributed by atoms with van der Waals surface area (Å²) in [6, 6.07) is 11.9. The van der Waals surface area contributed by atoms with Crippen molar-refractivity contribution in [2.45, 2.75) is 18.4 Å². The molecule has 0 aliphatic rings. The molecule has 1 amide bonds. The zero-order valence-corrected chi connectivity index (χ0v) is 14.2. The number of rotatable bonds is 6. The summed E-state index contributed by atoms with van der Waals surface area (Å²) in [7, 11) is 0. The van der Waals surface area contributed by atoms with Crippen LogP contribution in [0.1, 0.15) is 12.5 Å². The summed E-state index contributed by atoms with van der Waals surface area (Å²) in [5.74, 6) is 0.753. The normalized spacial score (nSPS) is 10.5. The highest BCUT2D eigenvalue weighted by molar-refractivity contribution is 8.00. The Kier molecular flexibility index (Phi) is 5.05. The third kappa shape index (κ3) is 4.18. The van der Waals surface area contributed by atoms with Gasteiger partial charge in [0, 0.05) is 29.3 Å². The van der Waals surface area contributed by atoms with Gasteiger partial charge in [-0.1, -0.05) is 6.07 Å². The van der Waals surface area contributed by atoms with E-state index in [4.69, 9.17) is 4.42 Å². The highest BCUT2D eigenvalue weighted by atomic mass is 32.2. The van der Waals surface area contributed by atoms with E-state index in [1.807, 2.05) is 35.7 Å². The van der Waals surface area contributed by atoms with Gasteiger partial charge in [-0.05, 0) is 53.2 Å². The van der Waals surface area contributed by atoms with Crippen molar-refractivity contribution in [2.24, 2.45) is 0 Å². The molecule has 3 rings (SSSR count). The zero-order valence-electron chi connectivity index (χ0n) is 12.5. The van der Waals surface area contributed by atoms with Crippen molar-refractivity contribution in [3.05, 3.63) is 59.0 Å². The molecule has 0 bridgehead atoms. The fourth-order valence-electron chi connectivity index (χ4n) is 2.08. The van der Waals surface area contributed by atoms with Gasteiger partial charge in [-0.2, -0.15) is 11.3 Å². The number of hydrogen-bond acceptors (Lipinski definition) is 5. The minimum Gasteiger partial charge on any atom is -0.464 e. The van der Waals surface area contributed by atoms with Crippen LogP contribution in [0, 0.1) is 0 Å². The number of carbonyl (C=O) groups is 1. The van der Waals surface area contributed by atoms with Gasteiger partial charge in [0.25, 0.3) is 0 Å². The summed E-state index contributed by atoms with van der Waals surface area (Å²) < 4.78 is 8.92. The fourth-order valence-corrected chi connectivity index (χ4v) is 3.58. The van der Waals surface area contributed by atoms with Crippen LogP contribution in [-0.4, -0.2) is 5.91 Å². The molecule has 3 aromatic rings. The molecule has 23 heavy (non-hydrogen) atoms. The van der Waals surface area contributed by atoms with Crippen LogP contribution >= 0.6 is 23.3 Å². The summed E-state index contributed by atoms with van der Waals surface area (Å²) in [6.45, 7) is 2.02. The highest BCUT2D eigenvalue weighted by Gasteiger charge is 2.10. The van der Waals surface area contributed by atoms with E-state index in [0.29, 0.717) is 6.54 Å². The molecule has 6 heteroatoms. The Morgan fingerprint density at radius 3 is 2.91 bits per heavy atom. The van der Waals surface area contributed by atoms with Crippen molar-refractivity contribution < 1.29 is 9.21 Å². The van der Waals surface area contributed by atoms with Crippen LogP contribution in [0.4, 0.5) is 5.69 Å². The Morgan fingerprint density at radius 1 is 1.30 bits per heavy atom. The average Bonchev–Trinajstić information content (AvgIpc) is 3.24. The maximum atomic E-state index is 11.1. The maximum absolute atomic E-state index is 11.1. The molecule has 0 saturated carbocycles. The first-order valence-electron chi connectivity index (χ1n) is 7.08. The van der Waals surface area contributed by atoms with Crippen LogP contribution in [0.3, 0.4) is 0 Å². The van der Waals surface area contributed by atoms with Crippen LogP contribution in [0.2, 0.25) is 0 Å². The van der Waals surface area contributed by atoms with Crippen molar-refractivity contribution in [3.8, 4) is 11.3 Å². The van der Waals surface area contributed by atoms with Crippen LogP contribution < -0.4 is 10.0 Å². The van der Waals surface area contributed by atoms with E-state index in [0.717, 1.165) is 22.6 Å². The SMILES string of the molecule is CC(=O)NCc1ccc(NSc2ccsc2)c(-c2ccco2)c1. The van der Waals surface area contributed by atoms with Gasteiger partial charge >= 0.3 is 0 Å². The largest absolute Gasteiger partial charge is 0.464 e. The molecule has 0 saturated heterocycles. The second-order valence-electron chi connectivity index (χ2n) is 4.93. The molecule has 2 heterocycles. The number of nitrogens with one attached hydrogen (secondary N) is 2. The number of amides is 1. The number of hydrogen-bond donors (Lipinski definition) is 2. The Labute approximate surface area is 143 Å². The number of benzene rings is 1. The number of carbonyl (C=O) groups excluding carboxylic acids is 1. The number of anilines is 1. The number of thiophene rings is 1. The first kappa shape index (κ1) is 15.7. The van der Waals surface area contributed by atoms with Gasteiger partial charge in [0.1, 0.15) is 5.76 Å². The van der Waals surface area contributed by atoms with E-state index in [1.165, 1.54) is 11.8 Å². The Bertz CT molecular complexity index is 768. The second kappa shape index (κ2) is 7.39. The van der Waals surface area contributed by atoms with Crippen LogP contribution in [0.5, 0.6) is 0 Å². The Hall–Kier alpha value is -2.18. The molecule has 4 nitrogen and oxygen atoms in total. The molecule has 0 spiro atoms. The maximum Gasteiger partial charge on any atom is 0.217 e. The minimum atomic E-state index is -0.0419. The molecule has 2 aromatic heterocycles. The quantitative estimate of drug-likeness (QED) is 0.633. The summed E-state index contributed by atoms with van der Waals surface area (Å²) >= 11 is 3.23. The third-order valence-corrected chi connectivity index (χ3v) is 4.83. The van der Waals surface area contributed by atoms with Crippen LogP contribution in [0.15, 0.2) is 62.7 Å². The Morgan fingerprint density at radius 2 is 2.22 bits per heavy atom. The first-order chi connectivity index (χ1) is 11.2. The van der Waals surface area contributed by atoms with Gasteiger partial charge < -0.3 is 14.5 Å². The molecular weight excluding hydrogens is 328 g/mol. The molecular formula is C17H16N2O2S2. The zero-order chi connectivity index (χ0) is 16.1. The van der Waals surface area contributed by atoms with Gasteiger partial charge in [-0.15, -0.1) is 0 Å². The lowest BCUT2D eigenvalue weighted by atomic mass is 10.1. The Balaban J connectivity index is 1.83. The van der Waals surface area contributed by atoms with E-state index in [1.54, 1.807) is 29.5 Å². The molecule has 0 unspecified atom stereocenters. The lowest BCUT2D eigenvalue weighted by Crippen LogP contribution is -2.18. The molecule has 0 fully saturated rings. The van der Waals surface area contributed by atoms with Crippen LogP contribution in [0.25, 0.3) is 11.3 Å². The molecule has 0 radical (unpaired) electrons. The topological polar surface area (TPSA) is 54.3 Å². The van der Waals surface area contributed by atoms with Gasteiger partial charge in [0.15, 0.2) is 0 Å². The summed E-state index contributed by atoms with van der Waals surface area (Å²) in [5.41, 5.74) is 2.97. The van der Waals surface area contributed by atoms with Crippen molar-refractivity contribution in [3.63, 3.8) is 0 Å². The fraction of sp³-hybridized carbons (Fsp3) is 0.118. The monoisotopic (exact) mass is 344 g/mol. The lowest BCUT2D eigenvalue weighted by molar-refractivity contribution is -0.119. The minimum absolute atomic E-state index is 0.0419. The summed E-state index contributed by atoms with van der Waals surface area (Å²) in [6.07, 6.45) is 1.66. The van der Waals surface area contributed by atoms with Crippen molar-refractivity contribution in [2.75, 3.05) is 4.72 Å². The van der Waals surface area contributed by atoms with E-state index in [2.05, 4.69) is 21.5 Å². The van der Waals surface area contributed by atoms with Crippen molar-refractivity contribution in [1.82, 2.24) is 5.32 Å².